The molecule has 1 heterocycles. The number of hydrogen-bond acceptors (Lipinski definition) is 1. The molecule has 2 aliphatic rings. The molecule has 1 spiro atoms. The van der Waals surface area contributed by atoms with Gasteiger partial charge in [-0.15, -0.1) is 11.3 Å². The van der Waals surface area contributed by atoms with Crippen LogP contribution >= 0.6 is 11.3 Å². The molecule has 0 nitrogen and oxygen atoms in total. The maximum atomic E-state index is 2.57. The Morgan fingerprint density at radius 3 is 1.70 bits per heavy atom. The number of fused-ring (bicyclic) bond motifs is 19. The van der Waals surface area contributed by atoms with Crippen LogP contribution in [-0.4, -0.2) is 0 Å². The molecular formula is C55H32S. The van der Waals surface area contributed by atoms with Gasteiger partial charge in [0.15, 0.2) is 0 Å². The first-order valence-corrected chi connectivity index (χ1v) is 20.3. The van der Waals surface area contributed by atoms with Gasteiger partial charge in [0.05, 0.1) is 5.41 Å². The largest absolute Gasteiger partial charge is 0.135 e. The van der Waals surface area contributed by atoms with Crippen LogP contribution in [0.15, 0.2) is 194 Å². The number of benzene rings is 10. The molecule has 2 aliphatic carbocycles. The van der Waals surface area contributed by atoms with Crippen molar-refractivity contribution in [3.63, 3.8) is 0 Å². The standard InChI is InChI=1S/C55H32S/c1-2-14-33(15-3-1)44-31-46-40-21-9-7-19-38(40)45(32-47(46)39-20-8-6-18-37(39)44)35-26-28-41-50(30-35)55(49-29-27-34-16-4-5-17-36(34)52(41)49)48-24-12-10-22-42(48)54-53(55)43-23-11-13-25-51(43)56-54/h1-32H. The van der Waals surface area contributed by atoms with Crippen molar-refractivity contribution in [3.05, 3.63) is 216 Å². The van der Waals surface area contributed by atoms with Crippen molar-refractivity contribution in [1.29, 1.82) is 0 Å². The van der Waals surface area contributed by atoms with E-state index in [2.05, 4.69) is 194 Å². The SMILES string of the molecule is c1ccc(-c2cc3c4ccccc4c(-c4ccc5c(c4)C4(c6ccccc6-c6sc7ccccc7c64)c4ccc6ccccc6c4-5)cc3c3ccccc23)cc1. The molecule has 11 aromatic rings. The summed E-state index contributed by atoms with van der Waals surface area (Å²) >= 11 is 1.95. The van der Waals surface area contributed by atoms with Crippen molar-refractivity contribution in [1.82, 2.24) is 0 Å². The summed E-state index contributed by atoms with van der Waals surface area (Å²) in [5.74, 6) is 0. The first-order chi connectivity index (χ1) is 27.8. The van der Waals surface area contributed by atoms with Gasteiger partial charge in [-0.2, -0.15) is 0 Å². The minimum atomic E-state index is -0.444. The summed E-state index contributed by atoms with van der Waals surface area (Å²) in [7, 11) is 0. The molecule has 10 aromatic carbocycles. The van der Waals surface area contributed by atoms with Gasteiger partial charge in [0.2, 0.25) is 0 Å². The first kappa shape index (κ1) is 30.5. The van der Waals surface area contributed by atoms with Crippen molar-refractivity contribution >= 4 is 64.5 Å². The molecule has 258 valence electrons. The smallest absolute Gasteiger partial charge is 0.0740 e. The van der Waals surface area contributed by atoms with Crippen molar-refractivity contribution < 1.29 is 0 Å². The summed E-state index contributed by atoms with van der Waals surface area (Å²) in [6.45, 7) is 0. The molecule has 56 heavy (non-hydrogen) atoms. The minimum Gasteiger partial charge on any atom is -0.135 e. The normalized spacial score (nSPS) is 15.2. The fourth-order valence-electron chi connectivity index (χ4n) is 10.6. The van der Waals surface area contributed by atoms with Crippen molar-refractivity contribution in [2.45, 2.75) is 5.41 Å². The van der Waals surface area contributed by atoms with Crippen LogP contribution in [0.3, 0.4) is 0 Å². The van der Waals surface area contributed by atoms with Crippen LogP contribution in [0.2, 0.25) is 0 Å². The summed E-state index contributed by atoms with van der Waals surface area (Å²) in [6, 6.07) is 73.2. The van der Waals surface area contributed by atoms with Crippen LogP contribution in [0.5, 0.6) is 0 Å². The average molecular weight is 725 g/mol. The van der Waals surface area contributed by atoms with E-state index in [-0.39, 0.29) is 0 Å². The van der Waals surface area contributed by atoms with Gasteiger partial charge >= 0.3 is 0 Å². The zero-order valence-electron chi connectivity index (χ0n) is 30.4. The van der Waals surface area contributed by atoms with E-state index in [4.69, 9.17) is 0 Å². The molecule has 0 fully saturated rings. The highest BCUT2D eigenvalue weighted by Crippen LogP contribution is 2.67. The minimum absolute atomic E-state index is 0.444. The molecule has 0 aliphatic heterocycles. The molecule has 0 amide bonds. The van der Waals surface area contributed by atoms with Gasteiger partial charge in [-0.25, -0.2) is 0 Å². The van der Waals surface area contributed by atoms with E-state index in [1.165, 1.54) is 119 Å². The third-order valence-electron chi connectivity index (χ3n) is 12.9. The predicted octanol–water partition coefficient (Wildman–Crippen LogP) is 15.2. The van der Waals surface area contributed by atoms with Gasteiger partial charge in [-0.1, -0.05) is 170 Å². The van der Waals surface area contributed by atoms with E-state index >= 15 is 0 Å². The fourth-order valence-corrected chi connectivity index (χ4v) is 11.9. The zero-order chi connectivity index (χ0) is 36.5. The van der Waals surface area contributed by atoms with Crippen LogP contribution in [0, 0.1) is 0 Å². The van der Waals surface area contributed by atoms with E-state index in [0.717, 1.165) is 0 Å². The Bertz CT molecular complexity index is 3480. The van der Waals surface area contributed by atoms with Crippen molar-refractivity contribution in [2.75, 3.05) is 0 Å². The highest BCUT2D eigenvalue weighted by atomic mass is 32.1. The Morgan fingerprint density at radius 1 is 0.321 bits per heavy atom. The molecule has 1 atom stereocenters. The van der Waals surface area contributed by atoms with Crippen LogP contribution in [0.1, 0.15) is 22.3 Å². The molecule has 1 unspecified atom stereocenters. The second-order valence-corrected chi connectivity index (χ2v) is 16.5. The lowest BCUT2D eigenvalue weighted by Crippen LogP contribution is -2.25. The monoisotopic (exact) mass is 724 g/mol. The van der Waals surface area contributed by atoms with Gasteiger partial charge in [0.25, 0.3) is 0 Å². The molecule has 1 heteroatoms. The molecule has 0 saturated heterocycles. The summed E-state index contributed by atoms with van der Waals surface area (Å²) in [5.41, 5.74) is 14.3. The van der Waals surface area contributed by atoms with Crippen LogP contribution in [-0.2, 0) is 5.41 Å². The van der Waals surface area contributed by atoms with Gasteiger partial charge in [0.1, 0.15) is 0 Å². The average Bonchev–Trinajstić information content (AvgIpc) is 3.89. The van der Waals surface area contributed by atoms with E-state index in [0.29, 0.717) is 0 Å². The molecule has 1 aromatic heterocycles. The van der Waals surface area contributed by atoms with Gasteiger partial charge in [-0.3, -0.25) is 0 Å². The Balaban J connectivity index is 1.16. The van der Waals surface area contributed by atoms with E-state index in [1.54, 1.807) is 0 Å². The first-order valence-electron chi connectivity index (χ1n) is 19.5. The summed E-state index contributed by atoms with van der Waals surface area (Å²) in [4.78, 5) is 1.40. The van der Waals surface area contributed by atoms with E-state index < -0.39 is 5.41 Å². The summed E-state index contributed by atoms with van der Waals surface area (Å²) in [5, 5.41) is 11.7. The zero-order valence-corrected chi connectivity index (χ0v) is 31.2. The van der Waals surface area contributed by atoms with Crippen LogP contribution in [0.25, 0.3) is 97.0 Å². The Hall–Kier alpha value is -6.80. The van der Waals surface area contributed by atoms with Gasteiger partial charge in [0, 0.05) is 9.58 Å². The van der Waals surface area contributed by atoms with Gasteiger partial charge in [-0.05, 0) is 134 Å². The fraction of sp³-hybridized carbons (Fsp3) is 0.0182. The molecule has 0 radical (unpaired) electrons. The summed E-state index contributed by atoms with van der Waals surface area (Å²) in [6.07, 6.45) is 0. The van der Waals surface area contributed by atoms with Crippen LogP contribution in [0.4, 0.5) is 0 Å². The lowest BCUT2D eigenvalue weighted by molar-refractivity contribution is 0.803. The third kappa shape index (κ3) is 3.83. The molecule has 0 saturated carbocycles. The predicted molar refractivity (Wildman–Crippen MR) is 239 cm³/mol. The van der Waals surface area contributed by atoms with Gasteiger partial charge < -0.3 is 0 Å². The second kappa shape index (κ2) is 11.1. The van der Waals surface area contributed by atoms with E-state index in [9.17, 15) is 0 Å². The number of thiophene rings is 1. The lowest BCUT2D eigenvalue weighted by Gasteiger charge is -2.31. The van der Waals surface area contributed by atoms with Crippen molar-refractivity contribution in [2.24, 2.45) is 0 Å². The highest BCUT2D eigenvalue weighted by Gasteiger charge is 2.53. The number of hydrogen-bond donors (Lipinski definition) is 0. The lowest BCUT2D eigenvalue weighted by atomic mass is 9.69. The number of rotatable bonds is 2. The third-order valence-corrected chi connectivity index (χ3v) is 14.1. The Kier molecular flexibility index (Phi) is 6.07. The molecular weight excluding hydrogens is 693 g/mol. The molecule has 0 N–H and O–H groups in total. The Labute approximate surface area is 328 Å². The quantitative estimate of drug-likeness (QED) is 0.156. The summed E-state index contributed by atoms with van der Waals surface area (Å²) < 4.78 is 1.35. The van der Waals surface area contributed by atoms with E-state index in [1.807, 2.05) is 11.3 Å². The topological polar surface area (TPSA) is 0 Å². The van der Waals surface area contributed by atoms with Crippen LogP contribution < -0.4 is 0 Å². The maximum Gasteiger partial charge on any atom is 0.0740 e. The molecule has 0 bridgehead atoms. The van der Waals surface area contributed by atoms with Crippen molar-refractivity contribution in [3.8, 4) is 43.8 Å². The second-order valence-electron chi connectivity index (χ2n) is 15.5. The Morgan fingerprint density at radius 2 is 0.929 bits per heavy atom. The molecule has 13 rings (SSSR count). The maximum absolute atomic E-state index is 2.57. The highest BCUT2D eigenvalue weighted by molar-refractivity contribution is 7.22.